The molecule has 0 aliphatic carbocycles. The molecule has 0 saturated carbocycles. The molecule has 0 fully saturated rings. The Morgan fingerprint density at radius 1 is 1.16 bits per heavy atom. The number of aromatic nitrogens is 1. The molecule has 1 N–H and O–H groups in total. The number of hydrogen-bond acceptors (Lipinski definition) is 8. The largest absolute Gasteiger partial charge is 0.497 e. The van der Waals surface area contributed by atoms with Crippen LogP contribution in [0.15, 0.2) is 17.5 Å². The van der Waals surface area contributed by atoms with E-state index in [-0.39, 0.29) is 28.7 Å². The summed E-state index contributed by atoms with van der Waals surface area (Å²) in [6.07, 6.45) is 0. The number of ether oxygens (including phenoxy) is 4. The molecular formula is C16H18N2O6S. The normalized spacial score (nSPS) is 10.1. The summed E-state index contributed by atoms with van der Waals surface area (Å²) in [7, 11) is 4.38. The standard InChI is InChI=1S/C16H18N2O6S/c1-5-24-15(20)11-8-25-16(17-11)18-14(19)10-6-9(21-2)7-12(22-3)13(10)23-4/h6-8H,5H2,1-4H3,(H,17,18,19). The Morgan fingerprint density at radius 3 is 2.52 bits per heavy atom. The second kappa shape index (κ2) is 8.34. The number of hydrogen-bond donors (Lipinski definition) is 1. The molecule has 0 aliphatic heterocycles. The first-order valence-electron chi connectivity index (χ1n) is 7.28. The monoisotopic (exact) mass is 366 g/mol. The van der Waals surface area contributed by atoms with E-state index in [4.69, 9.17) is 18.9 Å². The lowest BCUT2D eigenvalue weighted by Crippen LogP contribution is -2.14. The highest BCUT2D eigenvalue weighted by atomic mass is 32.1. The summed E-state index contributed by atoms with van der Waals surface area (Å²) in [5.74, 6) is 0.0502. The molecule has 2 rings (SSSR count). The zero-order valence-corrected chi connectivity index (χ0v) is 15.1. The first kappa shape index (κ1) is 18.5. The number of nitrogens with zero attached hydrogens (tertiary/aromatic N) is 1. The van der Waals surface area contributed by atoms with E-state index < -0.39 is 11.9 Å². The van der Waals surface area contributed by atoms with Crippen molar-refractivity contribution in [3.63, 3.8) is 0 Å². The van der Waals surface area contributed by atoms with Crippen LogP contribution in [0.2, 0.25) is 0 Å². The van der Waals surface area contributed by atoms with Gasteiger partial charge in [-0.15, -0.1) is 11.3 Å². The maximum atomic E-state index is 12.6. The first-order chi connectivity index (χ1) is 12.0. The van der Waals surface area contributed by atoms with Gasteiger partial charge in [0.2, 0.25) is 0 Å². The third-order valence-electron chi connectivity index (χ3n) is 3.14. The van der Waals surface area contributed by atoms with Gasteiger partial charge in [-0.3, -0.25) is 10.1 Å². The molecule has 0 atom stereocenters. The number of amides is 1. The van der Waals surface area contributed by atoms with Crippen LogP contribution in [-0.2, 0) is 4.74 Å². The van der Waals surface area contributed by atoms with Gasteiger partial charge in [0, 0.05) is 11.4 Å². The highest BCUT2D eigenvalue weighted by Crippen LogP contribution is 2.36. The van der Waals surface area contributed by atoms with Crippen LogP contribution in [0.5, 0.6) is 17.2 Å². The molecule has 0 bridgehead atoms. The zero-order chi connectivity index (χ0) is 18.4. The Labute approximate surface area is 148 Å². The molecule has 1 aromatic heterocycles. The maximum absolute atomic E-state index is 12.6. The molecule has 1 amide bonds. The lowest BCUT2D eigenvalue weighted by molar-refractivity contribution is 0.0520. The first-order valence-corrected chi connectivity index (χ1v) is 8.16. The Balaban J connectivity index is 2.27. The van der Waals surface area contributed by atoms with Crippen molar-refractivity contribution in [2.75, 3.05) is 33.3 Å². The maximum Gasteiger partial charge on any atom is 0.357 e. The average molecular weight is 366 g/mol. The molecule has 0 aliphatic rings. The average Bonchev–Trinajstić information content (AvgIpc) is 3.09. The van der Waals surface area contributed by atoms with Gasteiger partial charge in [-0.1, -0.05) is 0 Å². The van der Waals surface area contributed by atoms with Crippen LogP contribution in [0, 0.1) is 0 Å². The van der Waals surface area contributed by atoms with Gasteiger partial charge in [0.1, 0.15) is 5.75 Å². The van der Waals surface area contributed by atoms with E-state index >= 15 is 0 Å². The summed E-state index contributed by atoms with van der Waals surface area (Å²) in [6.45, 7) is 1.95. The molecule has 9 heteroatoms. The van der Waals surface area contributed by atoms with Crippen LogP contribution in [0.1, 0.15) is 27.8 Å². The van der Waals surface area contributed by atoms with Crippen molar-refractivity contribution in [2.45, 2.75) is 6.92 Å². The minimum absolute atomic E-state index is 0.136. The molecule has 1 heterocycles. The second-order valence-corrected chi connectivity index (χ2v) is 5.48. The molecule has 0 radical (unpaired) electrons. The summed E-state index contributed by atoms with van der Waals surface area (Å²) in [6, 6.07) is 3.13. The summed E-state index contributed by atoms with van der Waals surface area (Å²) in [5.41, 5.74) is 0.351. The number of thiazole rings is 1. The summed E-state index contributed by atoms with van der Waals surface area (Å²) < 4.78 is 20.5. The fourth-order valence-corrected chi connectivity index (χ4v) is 2.69. The number of carbonyl (C=O) groups excluding carboxylic acids is 2. The van der Waals surface area contributed by atoms with Crippen LogP contribution >= 0.6 is 11.3 Å². The molecule has 0 spiro atoms. The molecular weight excluding hydrogens is 348 g/mol. The predicted molar refractivity (Wildman–Crippen MR) is 92.1 cm³/mol. The number of methoxy groups -OCH3 is 3. The van der Waals surface area contributed by atoms with Crippen molar-refractivity contribution in [1.29, 1.82) is 0 Å². The van der Waals surface area contributed by atoms with Crippen molar-refractivity contribution < 1.29 is 28.5 Å². The van der Waals surface area contributed by atoms with Crippen molar-refractivity contribution in [3.8, 4) is 17.2 Å². The summed E-state index contributed by atoms with van der Waals surface area (Å²) in [4.78, 5) is 28.3. The van der Waals surface area contributed by atoms with E-state index in [1.54, 1.807) is 13.0 Å². The minimum Gasteiger partial charge on any atom is -0.497 e. The topological polar surface area (TPSA) is 96.0 Å². The lowest BCUT2D eigenvalue weighted by atomic mass is 10.1. The van der Waals surface area contributed by atoms with Crippen molar-refractivity contribution in [2.24, 2.45) is 0 Å². The van der Waals surface area contributed by atoms with Gasteiger partial charge in [-0.2, -0.15) is 0 Å². The van der Waals surface area contributed by atoms with Crippen LogP contribution in [-0.4, -0.2) is 44.8 Å². The Hall–Kier alpha value is -2.81. The second-order valence-electron chi connectivity index (χ2n) is 4.62. The molecule has 0 unspecified atom stereocenters. The van der Waals surface area contributed by atoms with Gasteiger partial charge in [-0.25, -0.2) is 9.78 Å². The Bertz CT molecular complexity index is 774. The third kappa shape index (κ3) is 4.18. The van der Waals surface area contributed by atoms with Gasteiger partial charge in [-0.05, 0) is 13.0 Å². The molecule has 134 valence electrons. The summed E-state index contributed by atoms with van der Waals surface area (Å²) in [5, 5.41) is 4.39. The number of esters is 1. The van der Waals surface area contributed by atoms with E-state index in [1.165, 1.54) is 32.8 Å². The van der Waals surface area contributed by atoms with E-state index in [0.29, 0.717) is 11.5 Å². The lowest BCUT2D eigenvalue weighted by Gasteiger charge is -2.14. The van der Waals surface area contributed by atoms with Gasteiger partial charge in [0.25, 0.3) is 5.91 Å². The smallest absolute Gasteiger partial charge is 0.357 e. The number of benzene rings is 1. The van der Waals surface area contributed by atoms with Gasteiger partial charge in [0.15, 0.2) is 22.3 Å². The molecule has 25 heavy (non-hydrogen) atoms. The van der Waals surface area contributed by atoms with Crippen LogP contribution < -0.4 is 19.5 Å². The zero-order valence-electron chi connectivity index (χ0n) is 14.2. The third-order valence-corrected chi connectivity index (χ3v) is 3.90. The van der Waals surface area contributed by atoms with E-state index in [1.807, 2.05) is 0 Å². The molecule has 2 aromatic rings. The fraction of sp³-hybridized carbons (Fsp3) is 0.312. The van der Waals surface area contributed by atoms with E-state index in [2.05, 4.69) is 10.3 Å². The fourth-order valence-electron chi connectivity index (χ4n) is 2.02. The van der Waals surface area contributed by atoms with Gasteiger partial charge in [0.05, 0.1) is 33.5 Å². The van der Waals surface area contributed by atoms with Crippen molar-refractivity contribution in [1.82, 2.24) is 4.98 Å². The van der Waals surface area contributed by atoms with Crippen molar-refractivity contribution >= 4 is 28.3 Å². The minimum atomic E-state index is -0.542. The van der Waals surface area contributed by atoms with E-state index in [0.717, 1.165) is 11.3 Å². The number of anilines is 1. The van der Waals surface area contributed by atoms with Crippen LogP contribution in [0.3, 0.4) is 0 Å². The number of nitrogens with one attached hydrogen (secondary N) is 1. The molecule has 8 nitrogen and oxygen atoms in total. The molecule has 1 aromatic carbocycles. The number of rotatable bonds is 7. The van der Waals surface area contributed by atoms with Gasteiger partial charge < -0.3 is 18.9 Å². The Morgan fingerprint density at radius 2 is 1.92 bits per heavy atom. The quantitative estimate of drug-likeness (QED) is 0.752. The molecule has 0 saturated heterocycles. The highest BCUT2D eigenvalue weighted by molar-refractivity contribution is 7.14. The van der Waals surface area contributed by atoms with Crippen LogP contribution in [0.25, 0.3) is 0 Å². The predicted octanol–water partition coefficient (Wildman–Crippen LogP) is 2.60. The van der Waals surface area contributed by atoms with Crippen molar-refractivity contribution in [3.05, 3.63) is 28.8 Å². The Kier molecular flexibility index (Phi) is 6.18. The van der Waals surface area contributed by atoms with E-state index in [9.17, 15) is 9.59 Å². The highest BCUT2D eigenvalue weighted by Gasteiger charge is 2.21. The van der Waals surface area contributed by atoms with Crippen LogP contribution in [0.4, 0.5) is 5.13 Å². The number of carbonyl (C=O) groups is 2. The van der Waals surface area contributed by atoms with Gasteiger partial charge >= 0.3 is 5.97 Å². The SMILES string of the molecule is CCOC(=O)c1csc(NC(=O)c2cc(OC)cc(OC)c2OC)n1. The summed E-state index contributed by atoms with van der Waals surface area (Å²) >= 11 is 1.11.